The molecule has 0 spiro atoms. The van der Waals surface area contributed by atoms with Gasteiger partial charge in [0, 0.05) is 27.2 Å². The quantitative estimate of drug-likeness (QED) is 0.272. The number of rotatable bonds is 9. The van der Waals surface area contributed by atoms with Crippen molar-refractivity contribution >= 4 is 21.8 Å². The Hall–Kier alpha value is -2.87. The number of carbonyl (C=O) groups excluding carboxylic acids is 1. The van der Waals surface area contributed by atoms with Crippen LogP contribution < -0.4 is 10.0 Å². The lowest BCUT2D eigenvalue weighted by atomic mass is 10.1. The highest BCUT2D eigenvalue weighted by molar-refractivity contribution is 7.91. The van der Waals surface area contributed by atoms with E-state index in [9.17, 15) is 27.8 Å². The number of aliphatic hydroxyl groups is 3. The Balaban J connectivity index is 0.00000221. The van der Waals surface area contributed by atoms with E-state index in [0.717, 1.165) is 12.7 Å². The summed E-state index contributed by atoms with van der Waals surface area (Å²) in [5, 5.41) is 29.5. The summed E-state index contributed by atoms with van der Waals surface area (Å²) in [6, 6.07) is 4.66. The molecule has 1 aliphatic heterocycles. The van der Waals surface area contributed by atoms with Crippen LogP contribution in [0.25, 0.3) is 0 Å². The minimum absolute atomic E-state index is 0.0607. The molecule has 3 rings (SSSR count). The fourth-order valence-electron chi connectivity index (χ4n) is 4.45. The number of halogens is 1. The lowest BCUT2D eigenvalue weighted by molar-refractivity contribution is 0.0329. The maximum absolute atomic E-state index is 14.9. The van der Waals surface area contributed by atoms with Gasteiger partial charge in [0.15, 0.2) is 0 Å². The van der Waals surface area contributed by atoms with Crippen LogP contribution in [0.3, 0.4) is 0 Å². The highest BCUT2D eigenvalue weighted by Gasteiger charge is 2.56. The van der Waals surface area contributed by atoms with Crippen LogP contribution in [-0.4, -0.2) is 89.9 Å². The van der Waals surface area contributed by atoms with E-state index in [2.05, 4.69) is 10.0 Å². The number of sulfonamides is 1. The molecule has 0 radical (unpaired) electrons. The van der Waals surface area contributed by atoms with Crippen LogP contribution in [0.15, 0.2) is 41.0 Å². The normalized spacial score (nSPS) is 17.4. The Bertz CT molecular complexity index is 1270. The Morgan fingerprint density at radius 1 is 1.16 bits per heavy atom. The first-order valence-electron chi connectivity index (χ1n) is 14.4. The molecule has 1 aliphatic carbocycles. The molecule has 246 valence electrons. The molecule has 1 saturated heterocycles. The summed E-state index contributed by atoms with van der Waals surface area (Å²) in [4.78, 5) is 16.3. The third-order valence-corrected chi connectivity index (χ3v) is 8.87. The lowest BCUT2D eigenvalue weighted by Crippen LogP contribution is -2.43. The van der Waals surface area contributed by atoms with Crippen LogP contribution in [0.1, 0.15) is 73.3 Å². The van der Waals surface area contributed by atoms with E-state index >= 15 is 0 Å². The largest absolute Gasteiger partial charge is 0.443 e. The second-order valence-electron chi connectivity index (χ2n) is 11.6. The molecule has 11 nitrogen and oxygen atoms in total. The number of hydrogen-bond acceptors (Lipinski definition) is 9. The zero-order chi connectivity index (χ0) is 33.3. The average Bonchev–Trinajstić information content (AvgIpc) is 3.62. The molecule has 1 heterocycles. The molecule has 13 heteroatoms. The number of aliphatic hydroxyl groups excluding tert-OH is 3. The number of allylic oxidation sites excluding steroid dienone is 1. The van der Waals surface area contributed by atoms with Gasteiger partial charge in [0.05, 0.1) is 28.8 Å². The average molecular weight is 631 g/mol. The first-order valence-corrected chi connectivity index (χ1v) is 15.9. The monoisotopic (exact) mass is 630 g/mol. The first kappa shape index (κ1) is 38.2. The molecule has 0 aromatic heterocycles. The van der Waals surface area contributed by atoms with Crippen LogP contribution in [0.2, 0.25) is 0 Å². The topological polar surface area (TPSA) is 152 Å². The molecular weight excluding hydrogens is 579 g/mol. The molecule has 1 aromatic rings. The maximum atomic E-state index is 14.9. The third-order valence-electron chi connectivity index (χ3n) is 6.68. The summed E-state index contributed by atoms with van der Waals surface area (Å²) in [6.07, 6.45) is -1.38. The highest BCUT2D eigenvalue weighted by Crippen LogP contribution is 2.47. The molecule has 0 bridgehead atoms. The van der Waals surface area contributed by atoms with Gasteiger partial charge in [-0.3, -0.25) is 9.62 Å². The maximum Gasteiger partial charge on any atom is 0.416 e. The van der Waals surface area contributed by atoms with Gasteiger partial charge >= 0.3 is 6.09 Å². The summed E-state index contributed by atoms with van der Waals surface area (Å²) < 4.78 is 49.6. The van der Waals surface area contributed by atoms with Crippen molar-refractivity contribution in [1.29, 1.82) is 0 Å². The molecule has 1 saturated carbocycles. The van der Waals surface area contributed by atoms with E-state index in [1.807, 2.05) is 13.8 Å². The van der Waals surface area contributed by atoms with Crippen molar-refractivity contribution in [3.8, 4) is 0 Å². The Morgan fingerprint density at radius 3 is 2.21 bits per heavy atom. The summed E-state index contributed by atoms with van der Waals surface area (Å²) in [6.45, 7) is 14.6. The summed E-state index contributed by atoms with van der Waals surface area (Å²) in [5.41, 5.74) is 1.04. The molecule has 1 unspecified atom stereocenters. The molecule has 1 amide bonds. The van der Waals surface area contributed by atoms with Crippen molar-refractivity contribution in [2.24, 2.45) is 0 Å². The zero-order valence-corrected chi connectivity index (χ0v) is 28.0. The predicted molar refractivity (Wildman–Crippen MR) is 167 cm³/mol. The lowest BCUT2D eigenvalue weighted by Gasteiger charge is -2.30. The molecule has 2 aliphatic rings. The fourth-order valence-corrected chi connectivity index (χ4v) is 6.18. The van der Waals surface area contributed by atoms with E-state index < -0.39 is 45.0 Å². The van der Waals surface area contributed by atoms with E-state index in [0.29, 0.717) is 25.0 Å². The minimum Gasteiger partial charge on any atom is -0.443 e. The molecular formula is C30H51FN4O7S. The third kappa shape index (κ3) is 9.82. The van der Waals surface area contributed by atoms with E-state index in [-0.39, 0.29) is 35.9 Å². The number of carbonyl (C=O) groups is 1. The van der Waals surface area contributed by atoms with Crippen LogP contribution in [-0.2, 0) is 14.8 Å². The van der Waals surface area contributed by atoms with E-state index in [1.54, 1.807) is 65.6 Å². The second kappa shape index (κ2) is 15.7. The van der Waals surface area contributed by atoms with Gasteiger partial charge in [-0.05, 0) is 78.5 Å². The number of anilines is 1. The van der Waals surface area contributed by atoms with Gasteiger partial charge in [0.2, 0.25) is 10.0 Å². The zero-order valence-electron chi connectivity index (χ0n) is 27.2. The molecule has 1 aromatic carbocycles. The van der Waals surface area contributed by atoms with Crippen LogP contribution in [0, 0.1) is 12.7 Å². The number of nitrogens with one attached hydrogen (secondary N) is 2. The fraction of sp³-hybridized carbons (Fsp3) is 0.633. The number of benzene rings is 1. The Morgan fingerprint density at radius 2 is 1.74 bits per heavy atom. The van der Waals surface area contributed by atoms with Crippen LogP contribution >= 0.6 is 0 Å². The van der Waals surface area contributed by atoms with Crippen LogP contribution in [0.5, 0.6) is 0 Å². The highest BCUT2D eigenvalue weighted by atomic mass is 32.2. The van der Waals surface area contributed by atoms with Crippen molar-refractivity contribution < 1.29 is 37.7 Å². The SMILES string of the molecule is CC.CC(C)=C(Nc1ccc(C)cc1F)/C(NS(=O)(=O)C1(CC(O)CO)CC1)=C1\N(C)CCN1C(=O)OC(C)(C)C.CO. The summed E-state index contributed by atoms with van der Waals surface area (Å²) >= 11 is 0. The van der Waals surface area contributed by atoms with Gasteiger partial charge in [0.25, 0.3) is 0 Å². The van der Waals surface area contributed by atoms with Crippen molar-refractivity contribution in [3.05, 3.63) is 52.4 Å². The summed E-state index contributed by atoms with van der Waals surface area (Å²) in [7, 11) is -1.41. The standard InChI is InChI=1S/C27H41FN4O6S.C2H6.CH4O/c1-17(2)22(29-21-9-8-18(3)14-20(21)28)23(30-39(36,37)27(10-11-27)15-19(34)16-33)24-31(7)12-13-32(24)25(35)38-26(4,5)6;2*1-2/h8-9,14,19,29-30,33-34H,10-13,15-16H2,1-7H3;1-2H3;2H,1H3/b24-23-;;. The molecule has 2 fully saturated rings. The predicted octanol–water partition coefficient (Wildman–Crippen LogP) is 4.02. The summed E-state index contributed by atoms with van der Waals surface area (Å²) in [5.74, 6) is -0.267. The van der Waals surface area contributed by atoms with Gasteiger partial charge in [0.1, 0.15) is 22.9 Å². The van der Waals surface area contributed by atoms with Crippen molar-refractivity contribution in [2.45, 2.75) is 91.1 Å². The van der Waals surface area contributed by atoms with Gasteiger partial charge in [-0.2, -0.15) is 0 Å². The van der Waals surface area contributed by atoms with Crippen LogP contribution in [0.4, 0.5) is 14.9 Å². The van der Waals surface area contributed by atoms with Gasteiger partial charge < -0.3 is 30.3 Å². The number of likely N-dealkylation sites (N-methyl/N-ethyl adjacent to an activating group) is 1. The smallest absolute Gasteiger partial charge is 0.416 e. The molecule has 1 atom stereocenters. The molecule has 43 heavy (non-hydrogen) atoms. The van der Waals surface area contributed by atoms with Gasteiger partial charge in [-0.25, -0.2) is 17.6 Å². The number of nitrogens with zero attached hydrogens (tertiary/aromatic N) is 2. The second-order valence-corrected chi connectivity index (χ2v) is 13.6. The number of aryl methyl sites for hydroxylation is 1. The number of hydrogen-bond donors (Lipinski definition) is 5. The van der Waals surface area contributed by atoms with Gasteiger partial charge in [-0.15, -0.1) is 0 Å². The van der Waals surface area contributed by atoms with Crippen molar-refractivity contribution in [2.75, 3.05) is 39.2 Å². The number of ether oxygens (including phenoxy) is 1. The Labute approximate surface area is 256 Å². The number of amides is 1. The molecule has 5 N–H and O–H groups in total. The first-order chi connectivity index (χ1) is 20.0. The Kier molecular flexibility index (Phi) is 14.0. The minimum atomic E-state index is -4.14. The van der Waals surface area contributed by atoms with E-state index in [4.69, 9.17) is 9.84 Å². The van der Waals surface area contributed by atoms with Crippen molar-refractivity contribution in [3.63, 3.8) is 0 Å². The van der Waals surface area contributed by atoms with Gasteiger partial charge in [-0.1, -0.05) is 25.5 Å². The van der Waals surface area contributed by atoms with E-state index in [1.165, 1.54) is 11.0 Å². The van der Waals surface area contributed by atoms with Crippen molar-refractivity contribution in [1.82, 2.24) is 14.5 Å².